The van der Waals surface area contributed by atoms with Crippen molar-refractivity contribution in [2.45, 2.75) is 31.9 Å². The Morgan fingerprint density at radius 3 is 3.07 bits per heavy atom. The molecule has 84 valence electrons. The highest BCUT2D eigenvalue weighted by atomic mass is 35.5. The monoisotopic (exact) mass is 245 g/mol. The molecule has 1 unspecified atom stereocenters. The van der Waals surface area contributed by atoms with Crippen molar-refractivity contribution in [2.24, 2.45) is 0 Å². The molecule has 2 nitrogen and oxygen atoms in total. The van der Waals surface area contributed by atoms with Crippen LogP contribution in [0.4, 0.5) is 0 Å². The molecule has 1 aromatic rings. The molecule has 0 amide bonds. The molecule has 1 saturated heterocycles. The van der Waals surface area contributed by atoms with Crippen LogP contribution in [0.5, 0.6) is 0 Å². The van der Waals surface area contributed by atoms with Gasteiger partial charge >= 0.3 is 0 Å². The highest BCUT2D eigenvalue weighted by Crippen LogP contribution is 2.21. The minimum absolute atomic E-state index is 0.411. The van der Waals surface area contributed by atoms with Crippen LogP contribution in [0.25, 0.3) is 0 Å². The summed E-state index contributed by atoms with van der Waals surface area (Å²) < 4.78 is 6.50. The van der Waals surface area contributed by atoms with E-state index in [1.165, 1.54) is 24.1 Å². The largest absolute Gasteiger partial charge is 0.377 e. The van der Waals surface area contributed by atoms with Gasteiger partial charge in [0, 0.05) is 24.6 Å². The Labute approximate surface area is 99.6 Å². The van der Waals surface area contributed by atoms with Gasteiger partial charge in [-0.05, 0) is 31.4 Å². The number of ether oxygens (including phenoxy) is 1. The Balaban J connectivity index is 1.65. The van der Waals surface area contributed by atoms with Gasteiger partial charge in [0.25, 0.3) is 0 Å². The standard InChI is InChI=1S/C11H16ClNOS/c12-11-5-4-10(15-11)8-13-7-9-3-1-2-6-14-9/h4-5,9,13H,1-3,6-8H2. The summed E-state index contributed by atoms with van der Waals surface area (Å²) in [4.78, 5) is 1.29. The van der Waals surface area contributed by atoms with Crippen LogP contribution < -0.4 is 5.32 Å². The van der Waals surface area contributed by atoms with Gasteiger partial charge in [0.2, 0.25) is 0 Å². The first-order valence-electron chi connectivity index (χ1n) is 5.41. The van der Waals surface area contributed by atoms with Gasteiger partial charge < -0.3 is 10.1 Å². The van der Waals surface area contributed by atoms with Crippen LogP contribution in [0.2, 0.25) is 4.34 Å². The molecule has 4 heteroatoms. The van der Waals surface area contributed by atoms with Crippen molar-refractivity contribution >= 4 is 22.9 Å². The Kier molecular flexibility index (Phi) is 4.44. The molecule has 1 atom stereocenters. The summed E-state index contributed by atoms with van der Waals surface area (Å²) in [5, 5.41) is 3.41. The zero-order valence-corrected chi connectivity index (χ0v) is 10.2. The molecule has 1 aromatic heterocycles. The van der Waals surface area contributed by atoms with Gasteiger partial charge in [0.15, 0.2) is 0 Å². The number of hydrogen-bond donors (Lipinski definition) is 1. The van der Waals surface area contributed by atoms with Gasteiger partial charge in [-0.3, -0.25) is 0 Å². The number of nitrogens with one attached hydrogen (secondary N) is 1. The van der Waals surface area contributed by atoms with Crippen LogP contribution in [0, 0.1) is 0 Å². The minimum Gasteiger partial charge on any atom is -0.377 e. The molecule has 0 aromatic carbocycles. The zero-order chi connectivity index (χ0) is 10.5. The lowest BCUT2D eigenvalue weighted by atomic mass is 10.1. The van der Waals surface area contributed by atoms with Gasteiger partial charge in [-0.2, -0.15) is 0 Å². The van der Waals surface area contributed by atoms with Crippen LogP contribution in [0.1, 0.15) is 24.1 Å². The summed E-state index contributed by atoms with van der Waals surface area (Å²) in [5.41, 5.74) is 0. The van der Waals surface area contributed by atoms with Gasteiger partial charge in [-0.1, -0.05) is 11.6 Å². The Morgan fingerprint density at radius 2 is 2.40 bits per heavy atom. The molecule has 0 radical (unpaired) electrons. The Morgan fingerprint density at radius 1 is 1.47 bits per heavy atom. The van der Waals surface area contributed by atoms with E-state index >= 15 is 0 Å². The molecular formula is C11H16ClNOS. The Bertz CT molecular complexity index is 297. The molecule has 15 heavy (non-hydrogen) atoms. The zero-order valence-electron chi connectivity index (χ0n) is 8.67. The summed E-state index contributed by atoms with van der Waals surface area (Å²) in [6.45, 7) is 2.78. The molecule has 2 heterocycles. The van der Waals surface area contributed by atoms with Gasteiger partial charge in [0.05, 0.1) is 10.4 Å². The van der Waals surface area contributed by atoms with Crippen LogP contribution in [0.3, 0.4) is 0 Å². The van der Waals surface area contributed by atoms with Crippen molar-refractivity contribution in [3.05, 3.63) is 21.3 Å². The molecule has 0 aliphatic carbocycles. The highest BCUT2D eigenvalue weighted by molar-refractivity contribution is 7.16. The average Bonchev–Trinajstić information content (AvgIpc) is 2.66. The van der Waals surface area contributed by atoms with E-state index in [0.29, 0.717) is 6.10 Å². The summed E-state index contributed by atoms with van der Waals surface area (Å²) in [5.74, 6) is 0. The molecule has 1 aliphatic heterocycles. The quantitative estimate of drug-likeness (QED) is 0.881. The predicted molar refractivity (Wildman–Crippen MR) is 64.6 cm³/mol. The second kappa shape index (κ2) is 5.85. The first kappa shape index (κ1) is 11.4. The lowest BCUT2D eigenvalue weighted by Crippen LogP contribution is -2.31. The van der Waals surface area contributed by atoms with Crippen LogP contribution >= 0.6 is 22.9 Å². The number of halogens is 1. The summed E-state index contributed by atoms with van der Waals surface area (Å²) in [6, 6.07) is 4.02. The normalized spacial score (nSPS) is 21.8. The minimum atomic E-state index is 0.411. The fraction of sp³-hybridized carbons (Fsp3) is 0.636. The number of thiophene rings is 1. The number of hydrogen-bond acceptors (Lipinski definition) is 3. The summed E-state index contributed by atoms with van der Waals surface area (Å²) in [6.07, 6.45) is 4.13. The summed E-state index contributed by atoms with van der Waals surface area (Å²) >= 11 is 7.49. The fourth-order valence-corrected chi connectivity index (χ4v) is 2.83. The van der Waals surface area contributed by atoms with Crippen LogP contribution in [-0.2, 0) is 11.3 Å². The van der Waals surface area contributed by atoms with Crippen LogP contribution in [-0.4, -0.2) is 19.3 Å². The Hall–Kier alpha value is -0.0900. The molecule has 0 spiro atoms. The predicted octanol–water partition coefficient (Wildman–Crippen LogP) is 3.06. The molecule has 2 rings (SSSR count). The second-order valence-electron chi connectivity index (χ2n) is 3.83. The maximum Gasteiger partial charge on any atom is 0.0931 e. The lowest BCUT2D eigenvalue weighted by Gasteiger charge is -2.22. The number of rotatable bonds is 4. The van der Waals surface area contributed by atoms with E-state index in [4.69, 9.17) is 16.3 Å². The average molecular weight is 246 g/mol. The summed E-state index contributed by atoms with van der Waals surface area (Å²) in [7, 11) is 0. The molecule has 0 bridgehead atoms. The van der Waals surface area contributed by atoms with Gasteiger partial charge in [0.1, 0.15) is 0 Å². The maximum absolute atomic E-state index is 5.85. The van der Waals surface area contributed by atoms with Crippen molar-refractivity contribution in [1.29, 1.82) is 0 Å². The van der Waals surface area contributed by atoms with E-state index in [0.717, 1.165) is 24.0 Å². The topological polar surface area (TPSA) is 21.3 Å². The molecule has 1 N–H and O–H groups in total. The van der Waals surface area contributed by atoms with E-state index < -0.39 is 0 Å². The molecule has 0 saturated carbocycles. The van der Waals surface area contributed by atoms with Crippen molar-refractivity contribution in [3.8, 4) is 0 Å². The van der Waals surface area contributed by atoms with Crippen molar-refractivity contribution < 1.29 is 4.74 Å². The second-order valence-corrected chi connectivity index (χ2v) is 5.62. The van der Waals surface area contributed by atoms with Crippen molar-refractivity contribution in [3.63, 3.8) is 0 Å². The van der Waals surface area contributed by atoms with E-state index in [-0.39, 0.29) is 0 Å². The molecule has 1 fully saturated rings. The lowest BCUT2D eigenvalue weighted by molar-refractivity contribution is 0.0168. The third-order valence-corrected chi connectivity index (χ3v) is 3.81. The van der Waals surface area contributed by atoms with Crippen molar-refractivity contribution in [1.82, 2.24) is 5.32 Å². The van der Waals surface area contributed by atoms with E-state index in [2.05, 4.69) is 11.4 Å². The third-order valence-electron chi connectivity index (χ3n) is 2.57. The first-order chi connectivity index (χ1) is 7.34. The van der Waals surface area contributed by atoms with Crippen LogP contribution in [0.15, 0.2) is 12.1 Å². The molecular weight excluding hydrogens is 230 g/mol. The van der Waals surface area contributed by atoms with Crippen molar-refractivity contribution in [2.75, 3.05) is 13.2 Å². The first-order valence-corrected chi connectivity index (χ1v) is 6.60. The van der Waals surface area contributed by atoms with Gasteiger partial charge in [-0.25, -0.2) is 0 Å². The molecule has 1 aliphatic rings. The fourth-order valence-electron chi connectivity index (χ4n) is 1.77. The maximum atomic E-state index is 5.85. The highest BCUT2D eigenvalue weighted by Gasteiger charge is 2.12. The van der Waals surface area contributed by atoms with E-state index in [1.54, 1.807) is 11.3 Å². The third kappa shape index (κ3) is 3.76. The SMILES string of the molecule is Clc1ccc(CNCC2CCCCO2)s1. The van der Waals surface area contributed by atoms with E-state index in [9.17, 15) is 0 Å². The smallest absolute Gasteiger partial charge is 0.0931 e. The van der Waals surface area contributed by atoms with Gasteiger partial charge in [-0.15, -0.1) is 11.3 Å². The van der Waals surface area contributed by atoms with E-state index in [1.807, 2.05) is 6.07 Å².